The first-order valence-corrected chi connectivity index (χ1v) is 4.87. The van der Waals surface area contributed by atoms with Crippen molar-refractivity contribution < 1.29 is 14.3 Å². The summed E-state index contributed by atoms with van der Waals surface area (Å²) >= 11 is 1.68. The van der Waals surface area contributed by atoms with Gasteiger partial charge in [0.1, 0.15) is 12.1 Å². The number of ether oxygens (including phenoxy) is 1. The monoisotopic (exact) mass is 190 g/mol. The fraction of sp³-hybridized carbons (Fsp3) is 0.750. The molecule has 1 unspecified atom stereocenters. The number of aldehydes is 1. The SMILES string of the molecule is COC.O=CC1CSCCC1=O. The molecule has 4 heteroatoms. The van der Waals surface area contributed by atoms with Gasteiger partial charge in [0.2, 0.25) is 0 Å². The summed E-state index contributed by atoms with van der Waals surface area (Å²) in [6, 6.07) is 0. The molecule has 1 rings (SSSR count). The van der Waals surface area contributed by atoms with E-state index in [0.717, 1.165) is 12.0 Å². The van der Waals surface area contributed by atoms with E-state index < -0.39 is 0 Å². The minimum Gasteiger partial charge on any atom is -0.388 e. The molecular formula is C8H14O3S. The summed E-state index contributed by atoms with van der Waals surface area (Å²) in [6.07, 6.45) is 1.34. The number of carbonyl (C=O) groups excluding carboxylic acids is 2. The minimum atomic E-state index is -0.302. The van der Waals surface area contributed by atoms with Crippen molar-refractivity contribution in [1.29, 1.82) is 0 Å². The Bertz CT molecular complexity index is 147. The topological polar surface area (TPSA) is 43.4 Å². The minimum absolute atomic E-state index is 0.115. The third-order valence-corrected chi connectivity index (χ3v) is 2.46. The van der Waals surface area contributed by atoms with E-state index in [9.17, 15) is 9.59 Å². The Balaban J connectivity index is 0.000000354. The predicted molar refractivity (Wildman–Crippen MR) is 49.4 cm³/mol. The Morgan fingerprint density at radius 1 is 1.58 bits per heavy atom. The largest absolute Gasteiger partial charge is 0.388 e. The molecule has 1 aliphatic rings. The molecule has 0 aromatic heterocycles. The first-order chi connectivity index (χ1) is 5.76. The number of hydrogen-bond acceptors (Lipinski definition) is 4. The van der Waals surface area contributed by atoms with E-state index in [2.05, 4.69) is 4.74 Å². The lowest BCUT2D eigenvalue weighted by Gasteiger charge is -2.13. The third-order valence-electron chi connectivity index (χ3n) is 1.37. The van der Waals surface area contributed by atoms with Crippen molar-refractivity contribution in [2.24, 2.45) is 5.92 Å². The molecule has 70 valence electrons. The van der Waals surface area contributed by atoms with Crippen molar-refractivity contribution >= 4 is 23.8 Å². The van der Waals surface area contributed by atoms with E-state index in [4.69, 9.17) is 0 Å². The zero-order chi connectivity index (χ0) is 9.40. The molecular weight excluding hydrogens is 176 g/mol. The summed E-state index contributed by atoms with van der Waals surface area (Å²) in [6.45, 7) is 0. The van der Waals surface area contributed by atoms with Gasteiger partial charge in [-0.15, -0.1) is 0 Å². The van der Waals surface area contributed by atoms with Crippen LogP contribution >= 0.6 is 11.8 Å². The van der Waals surface area contributed by atoms with Crippen LogP contribution in [0, 0.1) is 5.92 Å². The van der Waals surface area contributed by atoms with Crippen LogP contribution in [0.15, 0.2) is 0 Å². The van der Waals surface area contributed by atoms with Gasteiger partial charge in [-0.1, -0.05) is 0 Å². The summed E-state index contributed by atoms with van der Waals surface area (Å²) in [7, 11) is 3.25. The maximum atomic E-state index is 10.8. The van der Waals surface area contributed by atoms with Crippen LogP contribution < -0.4 is 0 Å². The molecule has 0 aliphatic carbocycles. The maximum absolute atomic E-state index is 10.8. The zero-order valence-electron chi connectivity index (χ0n) is 7.41. The Hall–Kier alpha value is -0.350. The highest BCUT2D eigenvalue weighted by Crippen LogP contribution is 2.17. The molecule has 1 fully saturated rings. The molecule has 0 saturated carbocycles. The molecule has 1 saturated heterocycles. The number of hydrogen-bond donors (Lipinski definition) is 0. The molecule has 0 spiro atoms. The van der Waals surface area contributed by atoms with Gasteiger partial charge in [0.25, 0.3) is 0 Å². The number of methoxy groups -OCH3 is 1. The highest BCUT2D eigenvalue weighted by Gasteiger charge is 2.20. The van der Waals surface area contributed by atoms with Crippen LogP contribution in [0.25, 0.3) is 0 Å². The average Bonchev–Trinajstić information content (AvgIpc) is 2.07. The molecule has 1 heterocycles. The highest BCUT2D eigenvalue weighted by molar-refractivity contribution is 7.99. The molecule has 0 bridgehead atoms. The smallest absolute Gasteiger partial charge is 0.144 e. The van der Waals surface area contributed by atoms with E-state index in [-0.39, 0.29) is 11.7 Å². The van der Waals surface area contributed by atoms with Crippen molar-refractivity contribution in [3.05, 3.63) is 0 Å². The third kappa shape index (κ3) is 4.51. The predicted octanol–water partition coefficient (Wildman–Crippen LogP) is 0.770. The van der Waals surface area contributed by atoms with E-state index in [1.807, 2.05) is 0 Å². The Morgan fingerprint density at radius 3 is 2.50 bits per heavy atom. The van der Waals surface area contributed by atoms with Crippen LogP contribution in [0.5, 0.6) is 0 Å². The molecule has 0 aromatic rings. The van der Waals surface area contributed by atoms with Crippen molar-refractivity contribution in [3.63, 3.8) is 0 Å². The molecule has 1 aliphatic heterocycles. The second-order valence-electron chi connectivity index (χ2n) is 2.44. The van der Waals surface area contributed by atoms with Gasteiger partial charge in [-0.2, -0.15) is 11.8 Å². The second-order valence-corrected chi connectivity index (χ2v) is 3.59. The van der Waals surface area contributed by atoms with Crippen molar-refractivity contribution in [2.45, 2.75) is 6.42 Å². The van der Waals surface area contributed by atoms with Gasteiger partial charge >= 0.3 is 0 Å². The van der Waals surface area contributed by atoms with Crippen LogP contribution in [-0.4, -0.2) is 37.8 Å². The van der Waals surface area contributed by atoms with Crippen LogP contribution in [0.1, 0.15) is 6.42 Å². The second kappa shape index (κ2) is 7.31. The fourth-order valence-corrected chi connectivity index (χ4v) is 1.81. The summed E-state index contributed by atoms with van der Waals surface area (Å²) in [5.41, 5.74) is 0. The summed E-state index contributed by atoms with van der Waals surface area (Å²) in [4.78, 5) is 20.9. The van der Waals surface area contributed by atoms with Gasteiger partial charge in [0.05, 0.1) is 5.92 Å². The van der Waals surface area contributed by atoms with E-state index in [1.165, 1.54) is 0 Å². The van der Waals surface area contributed by atoms with Crippen LogP contribution in [0.2, 0.25) is 0 Å². The van der Waals surface area contributed by atoms with Gasteiger partial charge in [0, 0.05) is 32.1 Å². The van der Waals surface area contributed by atoms with E-state index in [1.54, 1.807) is 26.0 Å². The normalized spacial score (nSPS) is 22.5. The van der Waals surface area contributed by atoms with Gasteiger partial charge in [-0.25, -0.2) is 0 Å². The molecule has 3 nitrogen and oxygen atoms in total. The van der Waals surface area contributed by atoms with Gasteiger partial charge < -0.3 is 9.53 Å². The van der Waals surface area contributed by atoms with Crippen molar-refractivity contribution in [3.8, 4) is 0 Å². The fourth-order valence-electron chi connectivity index (χ4n) is 0.777. The molecule has 1 atom stereocenters. The highest BCUT2D eigenvalue weighted by atomic mass is 32.2. The number of ketones is 1. The lowest BCUT2D eigenvalue weighted by atomic mass is 10.1. The summed E-state index contributed by atoms with van der Waals surface area (Å²) < 4.78 is 4.25. The first-order valence-electron chi connectivity index (χ1n) is 3.72. The number of Topliss-reactive ketones (excluding diaryl/α,β-unsaturated/α-hetero) is 1. The van der Waals surface area contributed by atoms with Crippen LogP contribution in [-0.2, 0) is 14.3 Å². The zero-order valence-corrected chi connectivity index (χ0v) is 8.23. The van der Waals surface area contributed by atoms with Gasteiger partial charge in [0.15, 0.2) is 0 Å². The Kier molecular flexibility index (Phi) is 7.09. The maximum Gasteiger partial charge on any atom is 0.144 e. The first kappa shape index (κ1) is 11.6. The number of thioether (sulfide) groups is 1. The molecule has 0 aromatic carbocycles. The van der Waals surface area contributed by atoms with Crippen molar-refractivity contribution in [2.75, 3.05) is 25.7 Å². The van der Waals surface area contributed by atoms with E-state index >= 15 is 0 Å². The number of rotatable bonds is 1. The lowest BCUT2D eigenvalue weighted by Crippen LogP contribution is -2.23. The number of carbonyl (C=O) groups is 2. The van der Waals surface area contributed by atoms with E-state index in [0.29, 0.717) is 12.2 Å². The van der Waals surface area contributed by atoms with Gasteiger partial charge in [-0.05, 0) is 0 Å². The standard InChI is InChI=1S/C6H8O2S.C2H6O/c7-3-5-4-9-2-1-6(5)8;1-3-2/h3,5H,1-2,4H2;1-2H3. The van der Waals surface area contributed by atoms with Crippen LogP contribution in [0.4, 0.5) is 0 Å². The van der Waals surface area contributed by atoms with Gasteiger partial charge in [-0.3, -0.25) is 4.79 Å². The molecule has 0 N–H and O–H groups in total. The molecule has 0 radical (unpaired) electrons. The quantitative estimate of drug-likeness (QED) is 0.452. The lowest BCUT2D eigenvalue weighted by molar-refractivity contribution is -0.126. The Morgan fingerprint density at radius 2 is 2.17 bits per heavy atom. The summed E-state index contributed by atoms with van der Waals surface area (Å²) in [5.74, 6) is 1.40. The molecule has 0 amide bonds. The summed E-state index contributed by atoms with van der Waals surface area (Å²) in [5, 5.41) is 0. The Labute approximate surface area is 76.9 Å². The molecule has 12 heavy (non-hydrogen) atoms. The van der Waals surface area contributed by atoms with Crippen LogP contribution in [0.3, 0.4) is 0 Å². The average molecular weight is 190 g/mol. The van der Waals surface area contributed by atoms with Crippen molar-refractivity contribution in [1.82, 2.24) is 0 Å².